The van der Waals surface area contributed by atoms with Crippen LogP contribution in [0, 0.1) is 22.7 Å². The molecule has 2 aromatic rings. The zero-order valence-electron chi connectivity index (χ0n) is 15.9. The molecule has 0 saturated heterocycles. The van der Waals surface area contributed by atoms with Crippen molar-refractivity contribution < 1.29 is 0 Å². The molecular formula is C22H22N4S2. The molecule has 0 amide bonds. The van der Waals surface area contributed by atoms with Crippen molar-refractivity contribution in [3.8, 4) is 12.1 Å². The van der Waals surface area contributed by atoms with Crippen LogP contribution in [0.25, 0.3) is 0 Å². The monoisotopic (exact) mass is 406 g/mol. The average molecular weight is 407 g/mol. The van der Waals surface area contributed by atoms with Crippen LogP contribution in [0.2, 0.25) is 0 Å². The molecule has 142 valence electrons. The summed E-state index contributed by atoms with van der Waals surface area (Å²) in [4.78, 5) is 1.94. The second kappa shape index (κ2) is 10.5. The highest BCUT2D eigenvalue weighted by Gasteiger charge is 2.17. The Kier molecular flexibility index (Phi) is 8.07. The fourth-order valence-electron chi connectivity index (χ4n) is 2.60. The third kappa shape index (κ3) is 5.13. The third-order valence-corrected chi connectivity index (χ3v) is 6.20. The first-order valence-corrected chi connectivity index (χ1v) is 10.5. The van der Waals surface area contributed by atoms with Gasteiger partial charge in [0, 0.05) is 9.79 Å². The lowest BCUT2D eigenvalue weighted by molar-refractivity contribution is 1.08. The number of nitrogens with two attached hydrogens (primary N) is 2. The minimum absolute atomic E-state index is 0.109. The number of hydrogen-bond donors (Lipinski definition) is 2. The van der Waals surface area contributed by atoms with Crippen molar-refractivity contribution in [2.24, 2.45) is 11.5 Å². The maximum atomic E-state index is 9.67. The predicted octanol–water partition coefficient (Wildman–Crippen LogP) is 5.08. The standard InChI is InChI=1S/C22H22N4S2/c1-3-15-9-5-7-11-19(15)27-21(25)17(13-23)18(14-24)22(26)28-20-12-8-6-10-16(20)4-2/h5-12H,3-4,25-26H2,1-2H3/b21-17+,22-18+. The lowest BCUT2D eigenvalue weighted by Crippen LogP contribution is -2.06. The van der Waals surface area contributed by atoms with Crippen LogP contribution in [0.1, 0.15) is 25.0 Å². The minimum Gasteiger partial charge on any atom is -0.392 e. The van der Waals surface area contributed by atoms with Crippen LogP contribution in [0.15, 0.2) is 79.5 Å². The van der Waals surface area contributed by atoms with E-state index in [-0.39, 0.29) is 21.2 Å². The summed E-state index contributed by atoms with van der Waals surface area (Å²) >= 11 is 2.57. The van der Waals surface area contributed by atoms with E-state index in [0.717, 1.165) is 33.8 Å². The molecule has 0 aliphatic carbocycles. The molecule has 2 rings (SSSR count). The van der Waals surface area contributed by atoms with Gasteiger partial charge in [-0.1, -0.05) is 73.8 Å². The summed E-state index contributed by atoms with van der Waals surface area (Å²) in [6.07, 6.45) is 1.70. The van der Waals surface area contributed by atoms with Crippen molar-refractivity contribution in [2.45, 2.75) is 36.5 Å². The zero-order valence-corrected chi connectivity index (χ0v) is 17.5. The van der Waals surface area contributed by atoms with Gasteiger partial charge in [-0.3, -0.25) is 0 Å². The Bertz CT molecular complexity index is 913. The van der Waals surface area contributed by atoms with Crippen molar-refractivity contribution in [3.05, 3.63) is 80.9 Å². The van der Waals surface area contributed by atoms with Gasteiger partial charge in [-0.05, 0) is 36.1 Å². The maximum absolute atomic E-state index is 9.67. The second-order valence-corrected chi connectivity index (χ2v) is 8.00. The first kappa shape index (κ1) is 21.5. The number of nitrogens with zero attached hydrogens (tertiary/aromatic N) is 2. The average Bonchev–Trinajstić information content (AvgIpc) is 2.72. The summed E-state index contributed by atoms with van der Waals surface area (Å²) in [5.41, 5.74) is 14.9. The molecular weight excluding hydrogens is 384 g/mol. The van der Waals surface area contributed by atoms with E-state index in [1.54, 1.807) is 0 Å². The van der Waals surface area contributed by atoms with Crippen LogP contribution in [0.3, 0.4) is 0 Å². The van der Waals surface area contributed by atoms with E-state index in [0.29, 0.717) is 0 Å². The Balaban J connectivity index is 2.43. The van der Waals surface area contributed by atoms with Gasteiger partial charge in [0.05, 0.1) is 10.1 Å². The molecule has 0 saturated carbocycles. The molecule has 4 N–H and O–H groups in total. The molecule has 28 heavy (non-hydrogen) atoms. The molecule has 0 bridgehead atoms. The Labute approximate surface area is 174 Å². The van der Waals surface area contributed by atoms with Gasteiger partial charge >= 0.3 is 0 Å². The topological polar surface area (TPSA) is 99.6 Å². The van der Waals surface area contributed by atoms with E-state index >= 15 is 0 Å². The van der Waals surface area contributed by atoms with Crippen molar-refractivity contribution in [3.63, 3.8) is 0 Å². The molecule has 0 aliphatic heterocycles. The molecule has 0 fully saturated rings. The van der Waals surface area contributed by atoms with E-state index in [1.807, 2.05) is 48.5 Å². The normalized spacial score (nSPS) is 12.4. The van der Waals surface area contributed by atoms with Gasteiger partial charge in [0.2, 0.25) is 0 Å². The zero-order chi connectivity index (χ0) is 20.5. The largest absolute Gasteiger partial charge is 0.392 e. The number of rotatable bonds is 7. The van der Waals surface area contributed by atoms with Crippen molar-refractivity contribution >= 4 is 23.5 Å². The molecule has 6 heteroatoms. The molecule has 0 unspecified atom stereocenters. The van der Waals surface area contributed by atoms with Crippen LogP contribution >= 0.6 is 23.5 Å². The van der Waals surface area contributed by atoms with Gasteiger partial charge < -0.3 is 11.5 Å². The first-order valence-electron chi connectivity index (χ1n) is 8.87. The van der Waals surface area contributed by atoms with E-state index in [4.69, 9.17) is 11.5 Å². The smallest absolute Gasteiger partial charge is 0.103 e. The predicted molar refractivity (Wildman–Crippen MR) is 117 cm³/mol. The van der Waals surface area contributed by atoms with E-state index in [2.05, 4.69) is 26.0 Å². The third-order valence-electron chi connectivity index (χ3n) is 4.11. The fourth-order valence-corrected chi connectivity index (χ4v) is 4.55. The van der Waals surface area contributed by atoms with E-state index in [9.17, 15) is 10.5 Å². The number of benzene rings is 2. The summed E-state index contributed by atoms with van der Waals surface area (Å²) in [7, 11) is 0. The van der Waals surface area contributed by atoms with Crippen LogP contribution in [-0.4, -0.2) is 0 Å². The van der Waals surface area contributed by atoms with E-state index in [1.165, 1.54) is 23.5 Å². The molecule has 2 aromatic carbocycles. The Morgan fingerprint density at radius 1 is 0.750 bits per heavy atom. The highest BCUT2D eigenvalue weighted by molar-refractivity contribution is 8.03. The van der Waals surface area contributed by atoms with Crippen LogP contribution in [0.4, 0.5) is 0 Å². The number of aryl methyl sites for hydroxylation is 2. The van der Waals surface area contributed by atoms with Crippen molar-refractivity contribution in [2.75, 3.05) is 0 Å². The van der Waals surface area contributed by atoms with E-state index < -0.39 is 0 Å². The summed E-state index contributed by atoms with van der Waals surface area (Å²) in [5.74, 6) is 0. The number of nitriles is 2. The van der Waals surface area contributed by atoms with Crippen LogP contribution in [0.5, 0.6) is 0 Å². The summed E-state index contributed by atoms with van der Waals surface area (Å²) in [6, 6.07) is 19.9. The molecule has 0 aliphatic rings. The molecule has 0 spiro atoms. The first-order chi connectivity index (χ1) is 13.5. The van der Waals surface area contributed by atoms with Gasteiger partial charge in [-0.25, -0.2) is 0 Å². The lowest BCUT2D eigenvalue weighted by Gasteiger charge is -2.11. The number of hydrogen-bond acceptors (Lipinski definition) is 6. The molecule has 0 radical (unpaired) electrons. The van der Waals surface area contributed by atoms with Crippen LogP contribution in [-0.2, 0) is 12.8 Å². The van der Waals surface area contributed by atoms with Gasteiger partial charge in [-0.2, -0.15) is 10.5 Å². The van der Waals surface area contributed by atoms with Gasteiger partial charge in [0.25, 0.3) is 0 Å². The molecule has 0 aromatic heterocycles. The van der Waals surface area contributed by atoms with Crippen molar-refractivity contribution in [1.82, 2.24) is 0 Å². The molecule has 0 atom stereocenters. The SMILES string of the molecule is CCc1ccccc1S/C(N)=C(C#N)/C(C#N)=C(\N)Sc1ccccc1CC. The highest BCUT2D eigenvalue weighted by atomic mass is 32.2. The Hall–Kier alpha value is -2.80. The minimum atomic E-state index is 0.109. The fraction of sp³-hybridized carbons (Fsp3) is 0.182. The van der Waals surface area contributed by atoms with Gasteiger partial charge in [0.1, 0.15) is 23.3 Å². The molecule has 0 heterocycles. The maximum Gasteiger partial charge on any atom is 0.103 e. The lowest BCUT2D eigenvalue weighted by atomic mass is 10.1. The van der Waals surface area contributed by atoms with Gasteiger partial charge in [-0.15, -0.1) is 0 Å². The Morgan fingerprint density at radius 3 is 1.43 bits per heavy atom. The number of allylic oxidation sites excluding steroid dienone is 2. The molecule has 4 nitrogen and oxygen atoms in total. The van der Waals surface area contributed by atoms with Crippen LogP contribution < -0.4 is 11.5 Å². The second-order valence-electron chi connectivity index (χ2n) is 5.83. The quantitative estimate of drug-likeness (QED) is 0.378. The number of thioether (sulfide) groups is 2. The van der Waals surface area contributed by atoms with Gasteiger partial charge in [0.15, 0.2) is 0 Å². The Morgan fingerprint density at radius 2 is 1.11 bits per heavy atom. The highest BCUT2D eigenvalue weighted by Crippen LogP contribution is 2.34. The summed E-state index contributed by atoms with van der Waals surface area (Å²) < 4.78 is 0. The summed E-state index contributed by atoms with van der Waals surface area (Å²) in [6.45, 7) is 4.12. The van der Waals surface area contributed by atoms with Crippen molar-refractivity contribution in [1.29, 1.82) is 10.5 Å². The summed E-state index contributed by atoms with van der Waals surface area (Å²) in [5, 5.41) is 19.9.